The fourth-order valence-corrected chi connectivity index (χ4v) is 3.29. The molecule has 1 fully saturated rings. The summed E-state index contributed by atoms with van der Waals surface area (Å²) in [4.78, 5) is 13.2. The maximum Gasteiger partial charge on any atom is 0.250 e. The summed E-state index contributed by atoms with van der Waals surface area (Å²) < 4.78 is 3.62. The molecule has 2 heterocycles. The Morgan fingerprint density at radius 3 is 2.21 bits per heavy atom. The monoisotopic (exact) mass is 457 g/mol. The number of ether oxygens (including phenoxy) is 1. The molecule has 2 aromatic rings. The number of nitrogens with one attached hydrogen (secondary N) is 1. The van der Waals surface area contributed by atoms with E-state index in [0.717, 1.165) is 18.4 Å². The Balaban J connectivity index is 1.89. The first-order valence-corrected chi connectivity index (χ1v) is 10.6. The van der Waals surface area contributed by atoms with Crippen LogP contribution in [0.2, 0.25) is 0 Å². The van der Waals surface area contributed by atoms with Gasteiger partial charge >= 0.3 is 0 Å². The van der Waals surface area contributed by atoms with E-state index in [4.69, 9.17) is 45.3 Å². The Kier molecular flexibility index (Phi) is 6.61. The average molecular weight is 459 g/mol. The first-order chi connectivity index (χ1) is 13.5. The number of benzene rings is 1. The first-order valence-electron chi connectivity index (χ1n) is 9.51. The van der Waals surface area contributed by atoms with E-state index in [1.165, 1.54) is 5.56 Å². The van der Waals surface area contributed by atoms with E-state index in [2.05, 4.69) is 53.2 Å². The van der Waals surface area contributed by atoms with Gasteiger partial charge in [0, 0.05) is 30.9 Å². The Bertz CT molecular complexity index is 841. The summed E-state index contributed by atoms with van der Waals surface area (Å²) in [5, 5.41) is 3.19. The second-order valence-corrected chi connectivity index (χ2v) is 10.7. The second-order valence-electron chi connectivity index (χ2n) is 8.46. The van der Waals surface area contributed by atoms with Crippen molar-refractivity contribution in [2.24, 2.45) is 5.73 Å². The van der Waals surface area contributed by atoms with Crippen molar-refractivity contribution in [2.45, 2.75) is 48.4 Å². The lowest BCUT2D eigenvalue weighted by molar-refractivity contribution is 0.0574. The van der Waals surface area contributed by atoms with Gasteiger partial charge in [0.2, 0.25) is 9.74 Å². The fraction of sp³-hybridized carbons (Fsp3) is 0.550. The number of hydrogen-bond donors (Lipinski definition) is 2. The number of halogens is 3. The molecular formula is C20H26Cl3N5O. The van der Waals surface area contributed by atoms with E-state index in [0.29, 0.717) is 31.5 Å². The lowest BCUT2D eigenvalue weighted by Gasteiger charge is -2.33. The minimum Gasteiger partial charge on any atom is -0.381 e. The molecule has 1 aliphatic heterocycles. The minimum absolute atomic E-state index is 0.0478. The van der Waals surface area contributed by atoms with Gasteiger partial charge in [0.05, 0.1) is 0 Å². The molecule has 0 spiro atoms. The van der Waals surface area contributed by atoms with Crippen molar-refractivity contribution >= 4 is 40.8 Å². The Morgan fingerprint density at radius 1 is 1.03 bits per heavy atom. The van der Waals surface area contributed by atoms with Gasteiger partial charge in [0.1, 0.15) is 0 Å². The van der Waals surface area contributed by atoms with Crippen LogP contribution in [0, 0.1) is 0 Å². The fourth-order valence-electron chi connectivity index (χ4n) is 3.04. The van der Waals surface area contributed by atoms with Crippen molar-refractivity contribution in [3.63, 3.8) is 0 Å². The Morgan fingerprint density at radius 2 is 1.66 bits per heavy atom. The summed E-state index contributed by atoms with van der Waals surface area (Å²) in [6.45, 7) is 8.25. The van der Waals surface area contributed by atoms with E-state index in [9.17, 15) is 0 Å². The number of aromatic nitrogens is 3. The van der Waals surface area contributed by atoms with Gasteiger partial charge in [-0.3, -0.25) is 0 Å². The maximum atomic E-state index is 6.45. The number of anilines is 1. The standard InChI is InChI=1S/C20H26Cl3N5O/c1-18(2,3)14-6-4-13(5-7-14)15-26-16(20(21,22)23)28-17(27-15)25-12-19(24)8-10-29-11-9-19/h4-7H,8-12,24H2,1-3H3,(H,25,26,27,28). The molecular weight excluding hydrogens is 433 g/mol. The topological polar surface area (TPSA) is 86.0 Å². The van der Waals surface area contributed by atoms with Crippen LogP contribution in [0.1, 0.15) is 45.0 Å². The molecule has 0 amide bonds. The number of nitrogens with two attached hydrogens (primary N) is 1. The van der Waals surface area contributed by atoms with Gasteiger partial charge in [-0.2, -0.15) is 9.97 Å². The van der Waals surface area contributed by atoms with Gasteiger partial charge in [-0.05, 0) is 23.8 Å². The predicted octanol–water partition coefficient (Wildman–Crippen LogP) is 4.58. The highest BCUT2D eigenvalue weighted by atomic mass is 35.6. The SMILES string of the molecule is CC(C)(C)c1ccc(-c2nc(NCC3(N)CCOCC3)nc(C(Cl)(Cl)Cl)n2)cc1. The lowest BCUT2D eigenvalue weighted by atomic mass is 9.87. The van der Waals surface area contributed by atoms with E-state index in [1.54, 1.807) is 0 Å². The molecule has 3 N–H and O–H groups in total. The third-order valence-corrected chi connectivity index (χ3v) is 5.49. The third-order valence-electron chi connectivity index (χ3n) is 4.99. The van der Waals surface area contributed by atoms with Crippen molar-refractivity contribution < 1.29 is 4.74 Å². The van der Waals surface area contributed by atoms with Crippen molar-refractivity contribution in [2.75, 3.05) is 25.1 Å². The molecule has 0 saturated carbocycles. The summed E-state index contributed by atoms with van der Waals surface area (Å²) in [5.41, 5.74) is 8.12. The maximum absolute atomic E-state index is 6.45. The summed E-state index contributed by atoms with van der Waals surface area (Å²) >= 11 is 18.2. The minimum atomic E-state index is -1.77. The average Bonchev–Trinajstić information content (AvgIpc) is 2.66. The van der Waals surface area contributed by atoms with Crippen LogP contribution in [0.3, 0.4) is 0 Å². The van der Waals surface area contributed by atoms with Gasteiger partial charge in [-0.25, -0.2) is 4.98 Å². The first kappa shape index (κ1) is 22.5. The van der Waals surface area contributed by atoms with Crippen LogP contribution in [-0.2, 0) is 13.9 Å². The van der Waals surface area contributed by atoms with Crippen LogP contribution in [0.15, 0.2) is 24.3 Å². The van der Waals surface area contributed by atoms with Gasteiger partial charge in [0.15, 0.2) is 11.6 Å². The van der Waals surface area contributed by atoms with E-state index in [1.807, 2.05) is 12.1 Å². The van der Waals surface area contributed by atoms with Crippen LogP contribution in [0.5, 0.6) is 0 Å². The largest absolute Gasteiger partial charge is 0.381 e. The zero-order valence-electron chi connectivity index (χ0n) is 16.8. The normalized spacial score (nSPS) is 17.2. The van der Waals surface area contributed by atoms with Crippen molar-refractivity contribution in [3.8, 4) is 11.4 Å². The van der Waals surface area contributed by atoms with Crippen molar-refractivity contribution in [1.82, 2.24) is 15.0 Å². The molecule has 1 aromatic heterocycles. The highest BCUT2D eigenvalue weighted by Gasteiger charge is 2.31. The Labute approximate surface area is 186 Å². The third kappa shape index (κ3) is 5.92. The van der Waals surface area contributed by atoms with Crippen molar-refractivity contribution in [3.05, 3.63) is 35.7 Å². The number of alkyl halides is 3. The highest BCUT2D eigenvalue weighted by molar-refractivity contribution is 6.66. The van der Waals surface area contributed by atoms with Crippen LogP contribution >= 0.6 is 34.8 Å². The van der Waals surface area contributed by atoms with Crippen molar-refractivity contribution in [1.29, 1.82) is 0 Å². The smallest absolute Gasteiger partial charge is 0.250 e. The molecule has 158 valence electrons. The van der Waals surface area contributed by atoms with E-state index < -0.39 is 3.79 Å². The molecule has 0 radical (unpaired) electrons. The summed E-state index contributed by atoms with van der Waals surface area (Å²) in [6.07, 6.45) is 1.51. The van der Waals surface area contributed by atoms with E-state index >= 15 is 0 Å². The quantitative estimate of drug-likeness (QED) is 0.652. The second kappa shape index (κ2) is 8.52. The molecule has 0 aliphatic carbocycles. The number of hydrogen-bond acceptors (Lipinski definition) is 6. The molecule has 1 aliphatic rings. The highest BCUT2D eigenvalue weighted by Crippen LogP contribution is 2.37. The molecule has 29 heavy (non-hydrogen) atoms. The molecule has 0 atom stereocenters. The van der Waals surface area contributed by atoms with Crippen LogP contribution in [-0.4, -0.2) is 40.2 Å². The molecule has 6 nitrogen and oxygen atoms in total. The summed E-state index contributed by atoms with van der Waals surface area (Å²) in [7, 11) is 0. The van der Waals surface area contributed by atoms with E-state index in [-0.39, 0.29) is 16.8 Å². The van der Waals surface area contributed by atoms with Crippen LogP contribution in [0.25, 0.3) is 11.4 Å². The van der Waals surface area contributed by atoms with Gasteiger partial charge in [-0.15, -0.1) is 0 Å². The summed E-state index contributed by atoms with van der Waals surface area (Å²) in [6, 6.07) is 8.03. The van der Waals surface area contributed by atoms with Gasteiger partial charge in [-0.1, -0.05) is 79.8 Å². The van der Waals surface area contributed by atoms with Gasteiger partial charge < -0.3 is 15.8 Å². The number of nitrogens with zero attached hydrogens (tertiary/aromatic N) is 3. The molecule has 0 unspecified atom stereocenters. The molecule has 9 heteroatoms. The van der Waals surface area contributed by atoms with Crippen LogP contribution in [0.4, 0.5) is 5.95 Å². The lowest BCUT2D eigenvalue weighted by Crippen LogP contribution is -2.50. The van der Waals surface area contributed by atoms with Crippen LogP contribution < -0.4 is 11.1 Å². The zero-order chi connectivity index (χ0) is 21.3. The molecule has 0 bridgehead atoms. The summed E-state index contributed by atoms with van der Waals surface area (Å²) in [5.74, 6) is 0.822. The predicted molar refractivity (Wildman–Crippen MR) is 119 cm³/mol. The Hall–Kier alpha value is -1.18. The van der Waals surface area contributed by atoms with Gasteiger partial charge in [0.25, 0.3) is 0 Å². The zero-order valence-corrected chi connectivity index (χ0v) is 19.1. The number of rotatable bonds is 4. The molecule has 1 aromatic carbocycles. The molecule has 3 rings (SSSR count). The molecule has 1 saturated heterocycles.